The summed E-state index contributed by atoms with van der Waals surface area (Å²) in [5.41, 5.74) is -0.298. The highest BCUT2D eigenvalue weighted by molar-refractivity contribution is 4.84. The van der Waals surface area contributed by atoms with Crippen LogP contribution in [0.5, 0.6) is 0 Å². The van der Waals surface area contributed by atoms with E-state index in [4.69, 9.17) is 9.47 Å². The molecule has 0 unspecified atom stereocenters. The van der Waals surface area contributed by atoms with E-state index in [2.05, 4.69) is 6.92 Å². The minimum absolute atomic E-state index is 0.298. The Morgan fingerprint density at radius 3 is 2.67 bits per heavy atom. The van der Waals surface area contributed by atoms with Crippen molar-refractivity contribution < 1.29 is 13.9 Å². The lowest BCUT2D eigenvalue weighted by atomic mass is 9.89. The van der Waals surface area contributed by atoms with Crippen LogP contribution in [-0.2, 0) is 9.47 Å². The van der Waals surface area contributed by atoms with Gasteiger partial charge in [-0.25, -0.2) is 0 Å². The molecular weight excluding hydrogens is 159 g/mol. The second kappa shape index (κ2) is 4.77. The molecule has 0 radical (unpaired) electrons. The van der Waals surface area contributed by atoms with Crippen molar-refractivity contribution in [2.24, 2.45) is 5.41 Å². The van der Waals surface area contributed by atoms with Crippen molar-refractivity contribution in [3.8, 4) is 0 Å². The van der Waals surface area contributed by atoms with Gasteiger partial charge in [-0.1, -0.05) is 13.3 Å². The van der Waals surface area contributed by atoms with Crippen molar-refractivity contribution in [2.45, 2.75) is 19.8 Å². The Kier molecular flexibility index (Phi) is 3.95. The highest BCUT2D eigenvalue weighted by Gasteiger charge is 2.39. The molecule has 3 heteroatoms. The van der Waals surface area contributed by atoms with Crippen LogP contribution in [0.15, 0.2) is 0 Å². The molecular formula is C9H17FO2. The first kappa shape index (κ1) is 9.93. The van der Waals surface area contributed by atoms with Gasteiger partial charge in [-0.3, -0.25) is 4.39 Å². The van der Waals surface area contributed by atoms with E-state index >= 15 is 0 Å². The molecule has 1 rings (SSSR count). The third-order valence-corrected chi connectivity index (χ3v) is 2.15. The van der Waals surface area contributed by atoms with Gasteiger partial charge in [0.05, 0.1) is 25.2 Å². The zero-order chi connectivity index (χ0) is 8.86. The van der Waals surface area contributed by atoms with E-state index in [-0.39, 0.29) is 12.1 Å². The standard InChI is InChI=1S/C9H17FO2/c1-2-3-4-11-6-9(5-10)7-12-8-9/h2-8H2,1H3. The summed E-state index contributed by atoms with van der Waals surface area (Å²) in [6, 6.07) is 0. The first-order valence-corrected chi connectivity index (χ1v) is 4.54. The molecule has 0 aromatic heterocycles. The Morgan fingerprint density at radius 1 is 1.50 bits per heavy atom. The van der Waals surface area contributed by atoms with Crippen LogP contribution in [0.4, 0.5) is 4.39 Å². The number of hydrogen-bond donors (Lipinski definition) is 0. The molecule has 2 nitrogen and oxygen atoms in total. The second-order valence-electron chi connectivity index (χ2n) is 3.53. The molecule has 0 aliphatic carbocycles. The zero-order valence-electron chi connectivity index (χ0n) is 7.64. The summed E-state index contributed by atoms with van der Waals surface area (Å²) in [5.74, 6) is 0. The molecule has 0 atom stereocenters. The second-order valence-corrected chi connectivity index (χ2v) is 3.53. The van der Waals surface area contributed by atoms with Crippen LogP contribution in [0.3, 0.4) is 0 Å². The van der Waals surface area contributed by atoms with Gasteiger partial charge in [0, 0.05) is 6.61 Å². The van der Waals surface area contributed by atoms with E-state index in [9.17, 15) is 4.39 Å². The highest BCUT2D eigenvalue weighted by Crippen LogP contribution is 2.28. The van der Waals surface area contributed by atoms with Gasteiger partial charge in [0.25, 0.3) is 0 Å². The number of halogens is 1. The number of ether oxygens (including phenoxy) is 2. The van der Waals surface area contributed by atoms with Gasteiger partial charge in [-0.05, 0) is 6.42 Å². The van der Waals surface area contributed by atoms with E-state index in [0.717, 1.165) is 19.4 Å². The summed E-state index contributed by atoms with van der Waals surface area (Å²) < 4.78 is 22.8. The number of hydrogen-bond acceptors (Lipinski definition) is 2. The third kappa shape index (κ3) is 2.42. The molecule has 1 saturated heterocycles. The Bertz CT molecular complexity index is 118. The monoisotopic (exact) mass is 176 g/mol. The maximum Gasteiger partial charge on any atom is 0.102 e. The first-order valence-electron chi connectivity index (χ1n) is 4.54. The normalized spacial score (nSPS) is 20.5. The van der Waals surface area contributed by atoms with Gasteiger partial charge >= 0.3 is 0 Å². The molecule has 1 aliphatic rings. The minimum atomic E-state index is -0.320. The van der Waals surface area contributed by atoms with Crippen molar-refractivity contribution >= 4 is 0 Å². The average Bonchev–Trinajstić information content (AvgIpc) is 2.02. The lowest BCUT2D eigenvalue weighted by Crippen LogP contribution is -2.48. The van der Waals surface area contributed by atoms with Gasteiger partial charge in [0.2, 0.25) is 0 Å². The van der Waals surface area contributed by atoms with Crippen molar-refractivity contribution in [1.29, 1.82) is 0 Å². The zero-order valence-corrected chi connectivity index (χ0v) is 7.64. The van der Waals surface area contributed by atoms with Gasteiger partial charge in [0.15, 0.2) is 0 Å². The van der Waals surface area contributed by atoms with Gasteiger partial charge in [-0.2, -0.15) is 0 Å². The van der Waals surface area contributed by atoms with Crippen LogP contribution in [0.1, 0.15) is 19.8 Å². The van der Waals surface area contributed by atoms with E-state index in [1.807, 2.05) is 0 Å². The molecule has 12 heavy (non-hydrogen) atoms. The average molecular weight is 176 g/mol. The summed E-state index contributed by atoms with van der Waals surface area (Å²) in [5, 5.41) is 0. The first-order chi connectivity index (χ1) is 5.83. The van der Waals surface area contributed by atoms with Gasteiger partial charge in [-0.15, -0.1) is 0 Å². The van der Waals surface area contributed by atoms with Gasteiger partial charge in [0.1, 0.15) is 6.67 Å². The molecule has 1 heterocycles. The minimum Gasteiger partial charge on any atom is -0.381 e. The van der Waals surface area contributed by atoms with Crippen LogP contribution >= 0.6 is 0 Å². The van der Waals surface area contributed by atoms with E-state index < -0.39 is 0 Å². The van der Waals surface area contributed by atoms with Crippen LogP contribution in [-0.4, -0.2) is 33.1 Å². The van der Waals surface area contributed by atoms with Crippen molar-refractivity contribution in [2.75, 3.05) is 33.1 Å². The summed E-state index contributed by atoms with van der Waals surface area (Å²) in [6.07, 6.45) is 2.18. The molecule has 1 fully saturated rings. The van der Waals surface area contributed by atoms with Crippen molar-refractivity contribution in [3.63, 3.8) is 0 Å². The van der Waals surface area contributed by atoms with Crippen LogP contribution in [0.25, 0.3) is 0 Å². The van der Waals surface area contributed by atoms with Crippen molar-refractivity contribution in [1.82, 2.24) is 0 Å². The van der Waals surface area contributed by atoms with E-state index in [1.54, 1.807) is 0 Å². The number of unbranched alkanes of at least 4 members (excludes halogenated alkanes) is 1. The van der Waals surface area contributed by atoms with Gasteiger partial charge < -0.3 is 9.47 Å². The van der Waals surface area contributed by atoms with Crippen LogP contribution in [0.2, 0.25) is 0 Å². The molecule has 0 aromatic carbocycles. The molecule has 1 aliphatic heterocycles. The fraction of sp³-hybridized carbons (Fsp3) is 1.00. The molecule has 0 N–H and O–H groups in total. The number of alkyl halides is 1. The molecule has 0 bridgehead atoms. The third-order valence-electron chi connectivity index (χ3n) is 2.15. The maximum absolute atomic E-state index is 12.4. The Hall–Kier alpha value is -0.150. The molecule has 0 saturated carbocycles. The Balaban J connectivity index is 2.04. The topological polar surface area (TPSA) is 18.5 Å². The lowest BCUT2D eigenvalue weighted by molar-refractivity contribution is -0.157. The SMILES string of the molecule is CCCCOCC1(CF)COC1. The lowest BCUT2D eigenvalue weighted by Gasteiger charge is -2.38. The quantitative estimate of drug-likeness (QED) is 0.574. The summed E-state index contributed by atoms with van der Waals surface area (Å²) in [7, 11) is 0. The molecule has 0 aromatic rings. The fourth-order valence-electron chi connectivity index (χ4n) is 1.12. The Labute approximate surface area is 73.0 Å². The van der Waals surface area contributed by atoms with Crippen LogP contribution < -0.4 is 0 Å². The fourth-order valence-corrected chi connectivity index (χ4v) is 1.12. The van der Waals surface area contributed by atoms with Crippen LogP contribution in [0, 0.1) is 5.41 Å². The largest absolute Gasteiger partial charge is 0.381 e. The Morgan fingerprint density at radius 2 is 2.25 bits per heavy atom. The molecule has 0 spiro atoms. The summed E-state index contributed by atoms with van der Waals surface area (Å²) >= 11 is 0. The van der Waals surface area contributed by atoms with E-state index in [1.165, 1.54) is 0 Å². The maximum atomic E-state index is 12.4. The van der Waals surface area contributed by atoms with E-state index in [0.29, 0.717) is 19.8 Å². The molecule has 72 valence electrons. The van der Waals surface area contributed by atoms with Crippen molar-refractivity contribution in [3.05, 3.63) is 0 Å². The summed E-state index contributed by atoms with van der Waals surface area (Å²) in [6.45, 7) is 4.10. The highest BCUT2D eigenvalue weighted by atomic mass is 19.1. The molecule has 0 amide bonds. The predicted octanol–water partition coefficient (Wildman–Crippen LogP) is 1.79. The number of rotatable bonds is 6. The summed E-state index contributed by atoms with van der Waals surface area (Å²) in [4.78, 5) is 0. The smallest absolute Gasteiger partial charge is 0.102 e. The predicted molar refractivity (Wildman–Crippen MR) is 45.0 cm³/mol.